The third-order valence-corrected chi connectivity index (χ3v) is 6.50. The van der Waals surface area contributed by atoms with Gasteiger partial charge < -0.3 is 10.3 Å². The number of benzene rings is 3. The van der Waals surface area contributed by atoms with Gasteiger partial charge in [-0.1, -0.05) is 59.8 Å². The number of aromatic amines is 1. The van der Waals surface area contributed by atoms with E-state index in [0.717, 1.165) is 22.2 Å². The zero-order valence-electron chi connectivity index (χ0n) is 17.6. The lowest BCUT2D eigenvalue weighted by Gasteiger charge is -2.14. The first-order valence-corrected chi connectivity index (χ1v) is 11.7. The Bertz CT molecular complexity index is 1560. The number of anilines is 1. The molecule has 0 radical (unpaired) electrons. The van der Waals surface area contributed by atoms with Crippen LogP contribution in [0.2, 0.25) is 5.02 Å². The lowest BCUT2D eigenvalue weighted by Crippen LogP contribution is -2.23. The number of para-hydroxylation sites is 2. The number of rotatable bonds is 5. The van der Waals surface area contributed by atoms with E-state index in [1.54, 1.807) is 28.8 Å². The summed E-state index contributed by atoms with van der Waals surface area (Å²) >= 11 is 7.13. The Morgan fingerprint density at radius 1 is 1.06 bits per heavy atom. The Kier molecular flexibility index (Phi) is 5.66. The van der Waals surface area contributed by atoms with Gasteiger partial charge in [-0.15, -0.1) is 0 Å². The molecule has 0 spiro atoms. The van der Waals surface area contributed by atoms with Crippen molar-refractivity contribution in [2.45, 2.75) is 12.1 Å². The van der Waals surface area contributed by atoms with Crippen molar-refractivity contribution in [1.29, 1.82) is 0 Å². The van der Waals surface area contributed by atoms with Crippen LogP contribution in [0.25, 0.3) is 27.6 Å². The van der Waals surface area contributed by atoms with Crippen molar-refractivity contribution in [1.82, 2.24) is 14.5 Å². The van der Waals surface area contributed by atoms with Crippen molar-refractivity contribution in [3.8, 4) is 5.69 Å². The van der Waals surface area contributed by atoms with Crippen LogP contribution in [0.15, 0.2) is 82.7 Å². The van der Waals surface area contributed by atoms with Crippen LogP contribution in [-0.2, 0) is 4.79 Å². The van der Waals surface area contributed by atoms with Crippen LogP contribution < -0.4 is 10.9 Å². The largest absolute Gasteiger partial charge is 0.349 e. The van der Waals surface area contributed by atoms with Crippen molar-refractivity contribution in [3.63, 3.8) is 0 Å². The lowest BCUT2D eigenvalue weighted by atomic mass is 10.2. The minimum Gasteiger partial charge on any atom is -0.349 e. The number of aromatic nitrogens is 3. The number of halogens is 1. The summed E-state index contributed by atoms with van der Waals surface area (Å²) in [5, 5.41) is 4.77. The second-order valence-corrected chi connectivity index (χ2v) is 8.94. The summed E-state index contributed by atoms with van der Waals surface area (Å²) in [5.74, 6) is -0.110. The summed E-state index contributed by atoms with van der Waals surface area (Å²) in [5.41, 5.74) is 4.00. The fourth-order valence-corrected chi connectivity index (χ4v) is 4.65. The van der Waals surface area contributed by atoms with E-state index < -0.39 is 0 Å². The maximum Gasteiger partial charge on any atom is 0.283 e. The van der Waals surface area contributed by atoms with E-state index in [1.807, 2.05) is 55.5 Å². The Balaban J connectivity index is 1.57. The minimum atomic E-state index is -0.203. The molecule has 0 aliphatic heterocycles. The number of carbonyl (C=O) groups is 1. The van der Waals surface area contributed by atoms with Crippen LogP contribution in [0.1, 0.15) is 5.56 Å². The number of hydrogen-bond donors (Lipinski definition) is 2. The van der Waals surface area contributed by atoms with Crippen LogP contribution in [0.5, 0.6) is 0 Å². The number of hydrogen-bond acceptors (Lipinski definition) is 4. The maximum atomic E-state index is 13.6. The number of H-pyrrole nitrogens is 1. The Labute approximate surface area is 198 Å². The van der Waals surface area contributed by atoms with Gasteiger partial charge in [0.05, 0.1) is 11.4 Å². The molecule has 5 rings (SSSR count). The molecule has 0 atom stereocenters. The van der Waals surface area contributed by atoms with Gasteiger partial charge in [0.2, 0.25) is 5.91 Å². The molecule has 2 heterocycles. The molecular weight excluding hydrogens is 456 g/mol. The topological polar surface area (TPSA) is 79.8 Å². The highest BCUT2D eigenvalue weighted by Gasteiger charge is 2.19. The van der Waals surface area contributed by atoms with Crippen LogP contribution >= 0.6 is 23.4 Å². The summed E-state index contributed by atoms with van der Waals surface area (Å²) in [6, 6.07) is 22.2. The molecule has 1 amide bonds. The van der Waals surface area contributed by atoms with Crippen molar-refractivity contribution in [2.75, 3.05) is 11.1 Å². The highest BCUT2D eigenvalue weighted by Crippen LogP contribution is 2.27. The summed E-state index contributed by atoms with van der Waals surface area (Å²) in [6.45, 7) is 1.94. The van der Waals surface area contributed by atoms with Crippen LogP contribution in [0, 0.1) is 6.92 Å². The molecule has 0 fully saturated rings. The summed E-state index contributed by atoms with van der Waals surface area (Å²) in [4.78, 5) is 34.3. The number of thioether (sulfide) groups is 1. The zero-order chi connectivity index (χ0) is 22.9. The zero-order valence-corrected chi connectivity index (χ0v) is 19.2. The van der Waals surface area contributed by atoms with Gasteiger partial charge in [0.15, 0.2) is 5.16 Å². The standard InChI is InChI=1S/C25H19ClN4O2S/c1-15-6-2-5-9-20(15)30-24(32)23-22(18-7-3-4-8-19(18)28-23)29-25(30)33-14-21(31)27-17-12-10-16(26)11-13-17/h2-13,28H,14H2,1H3,(H,27,31). The van der Waals surface area contributed by atoms with E-state index in [-0.39, 0.29) is 17.2 Å². The highest BCUT2D eigenvalue weighted by atomic mass is 35.5. The molecule has 33 heavy (non-hydrogen) atoms. The predicted molar refractivity (Wildman–Crippen MR) is 135 cm³/mol. The van der Waals surface area contributed by atoms with Crippen molar-refractivity contribution in [3.05, 3.63) is 93.7 Å². The highest BCUT2D eigenvalue weighted by molar-refractivity contribution is 7.99. The Hall–Kier alpha value is -3.55. The fraction of sp³-hybridized carbons (Fsp3) is 0.0800. The molecule has 0 saturated carbocycles. The van der Waals surface area contributed by atoms with E-state index in [2.05, 4.69) is 10.3 Å². The van der Waals surface area contributed by atoms with Gasteiger partial charge >= 0.3 is 0 Å². The van der Waals surface area contributed by atoms with Crippen LogP contribution in [0.4, 0.5) is 5.69 Å². The number of carbonyl (C=O) groups excluding carboxylic acids is 1. The SMILES string of the molecule is Cc1ccccc1-n1c(SCC(=O)Nc2ccc(Cl)cc2)nc2c([nH]c3ccccc32)c1=O. The average Bonchev–Trinajstić information content (AvgIpc) is 3.19. The van der Waals surface area contributed by atoms with Crippen LogP contribution in [0.3, 0.4) is 0 Å². The molecule has 0 unspecified atom stereocenters. The first kappa shape index (κ1) is 21.3. The monoisotopic (exact) mass is 474 g/mol. The van der Waals surface area contributed by atoms with E-state index in [4.69, 9.17) is 16.6 Å². The second kappa shape index (κ2) is 8.77. The molecule has 0 aliphatic carbocycles. The van der Waals surface area contributed by atoms with Gasteiger partial charge in [0, 0.05) is 21.6 Å². The molecular formula is C25H19ClN4O2S. The smallest absolute Gasteiger partial charge is 0.283 e. The quantitative estimate of drug-likeness (QED) is 0.258. The number of nitrogens with zero attached hydrogens (tertiary/aromatic N) is 2. The van der Waals surface area contributed by atoms with E-state index >= 15 is 0 Å². The first-order chi connectivity index (χ1) is 16.0. The van der Waals surface area contributed by atoms with Gasteiger partial charge in [0.25, 0.3) is 5.56 Å². The van der Waals surface area contributed by atoms with E-state index in [0.29, 0.717) is 26.9 Å². The summed E-state index contributed by atoms with van der Waals surface area (Å²) < 4.78 is 1.58. The first-order valence-electron chi connectivity index (χ1n) is 10.3. The molecule has 0 aliphatic rings. The van der Waals surface area contributed by atoms with Gasteiger partial charge in [-0.25, -0.2) is 4.98 Å². The molecule has 2 N–H and O–H groups in total. The molecule has 0 bridgehead atoms. The third kappa shape index (κ3) is 4.13. The van der Waals surface area contributed by atoms with Crippen molar-refractivity contribution >= 4 is 56.9 Å². The summed E-state index contributed by atoms with van der Waals surface area (Å²) in [7, 11) is 0. The van der Waals surface area contributed by atoms with Crippen molar-refractivity contribution < 1.29 is 4.79 Å². The number of aryl methyl sites for hydroxylation is 1. The number of fused-ring (bicyclic) bond motifs is 3. The minimum absolute atomic E-state index is 0.0921. The van der Waals surface area contributed by atoms with Gasteiger partial charge in [-0.05, 0) is 48.9 Å². The molecule has 2 aromatic heterocycles. The van der Waals surface area contributed by atoms with Crippen molar-refractivity contribution in [2.24, 2.45) is 0 Å². The Morgan fingerprint density at radius 3 is 2.58 bits per heavy atom. The maximum absolute atomic E-state index is 13.6. The van der Waals surface area contributed by atoms with Gasteiger partial charge in [0.1, 0.15) is 11.0 Å². The van der Waals surface area contributed by atoms with Gasteiger partial charge in [-0.3, -0.25) is 14.2 Å². The summed E-state index contributed by atoms with van der Waals surface area (Å²) in [6.07, 6.45) is 0. The predicted octanol–water partition coefficient (Wildman–Crippen LogP) is 5.56. The van der Waals surface area contributed by atoms with Crippen LogP contribution in [-0.4, -0.2) is 26.2 Å². The fourth-order valence-electron chi connectivity index (χ4n) is 3.73. The molecule has 3 aromatic carbocycles. The third-order valence-electron chi connectivity index (χ3n) is 5.31. The number of nitrogens with one attached hydrogen (secondary N) is 2. The number of amides is 1. The normalized spacial score (nSPS) is 11.2. The lowest BCUT2D eigenvalue weighted by molar-refractivity contribution is -0.113. The molecule has 6 nitrogen and oxygen atoms in total. The van der Waals surface area contributed by atoms with Gasteiger partial charge in [-0.2, -0.15) is 0 Å². The van der Waals surface area contributed by atoms with E-state index in [1.165, 1.54) is 11.8 Å². The molecule has 8 heteroatoms. The Morgan fingerprint density at radius 2 is 1.79 bits per heavy atom. The average molecular weight is 475 g/mol. The van der Waals surface area contributed by atoms with E-state index in [9.17, 15) is 9.59 Å². The second-order valence-electron chi connectivity index (χ2n) is 7.56. The molecule has 164 valence electrons. The molecule has 0 saturated heterocycles. The molecule has 5 aromatic rings.